The molecule has 0 fully saturated rings. The third-order valence-corrected chi connectivity index (χ3v) is 1.69. The first-order chi connectivity index (χ1) is 5.47. The molecule has 1 radical (unpaired) electrons. The average molecular weight is 145 g/mol. The lowest BCUT2D eigenvalue weighted by Gasteiger charge is -2.12. The summed E-state index contributed by atoms with van der Waals surface area (Å²) in [4.78, 5) is 6.22. The fourth-order valence-electron chi connectivity index (χ4n) is 1.12. The number of nitrogens with zero attached hydrogens (tertiary/aromatic N) is 2. The van der Waals surface area contributed by atoms with Crippen molar-refractivity contribution in [3.63, 3.8) is 0 Å². The molecule has 2 rings (SSSR count). The van der Waals surface area contributed by atoms with Gasteiger partial charge in [0.25, 0.3) is 0 Å². The van der Waals surface area contributed by atoms with Crippen molar-refractivity contribution >= 4 is 12.0 Å². The van der Waals surface area contributed by atoms with Gasteiger partial charge in [-0.05, 0) is 6.07 Å². The summed E-state index contributed by atoms with van der Waals surface area (Å²) >= 11 is 0. The van der Waals surface area contributed by atoms with Gasteiger partial charge in [-0.3, -0.25) is 4.99 Å². The van der Waals surface area contributed by atoms with Gasteiger partial charge in [0.2, 0.25) is 0 Å². The van der Waals surface area contributed by atoms with E-state index in [2.05, 4.69) is 16.0 Å². The molecular formula is C9H9N2. The number of hydrogen-bond acceptors (Lipinski definition) is 2. The van der Waals surface area contributed by atoms with Gasteiger partial charge in [-0.25, -0.2) is 0 Å². The molecule has 0 saturated heterocycles. The maximum absolute atomic E-state index is 4.12. The number of aliphatic imine (C=N–C) groups is 1. The van der Waals surface area contributed by atoms with E-state index in [0.717, 1.165) is 18.8 Å². The minimum absolute atomic E-state index is 0.905. The van der Waals surface area contributed by atoms with Crippen molar-refractivity contribution in [2.75, 3.05) is 18.0 Å². The summed E-state index contributed by atoms with van der Waals surface area (Å²) < 4.78 is 0. The van der Waals surface area contributed by atoms with Crippen molar-refractivity contribution in [1.82, 2.24) is 0 Å². The summed E-state index contributed by atoms with van der Waals surface area (Å²) in [6.07, 6.45) is 1.87. The Morgan fingerprint density at radius 2 is 2.45 bits per heavy atom. The van der Waals surface area contributed by atoms with Crippen LogP contribution in [0, 0.1) is 6.07 Å². The lowest BCUT2D eigenvalue weighted by molar-refractivity contribution is 1.02. The molecule has 55 valence electrons. The normalized spacial score (nSPS) is 15.8. The molecule has 0 aliphatic carbocycles. The maximum atomic E-state index is 4.12. The van der Waals surface area contributed by atoms with Crippen molar-refractivity contribution < 1.29 is 0 Å². The Bertz CT molecular complexity index is 254. The van der Waals surface area contributed by atoms with Crippen LogP contribution >= 0.6 is 0 Å². The lowest BCUT2D eigenvalue weighted by atomic mass is 10.3. The Morgan fingerprint density at radius 1 is 1.45 bits per heavy atom. The van der Waals surface area contributed by atoms with Crippen molar-refractivity contribution in [1.29, 1.82) is 0 Å². The topological polar surface area (TPSA) is 15.6 Å². The first kappa shape index (κ1) is 6.40. The molecule has 0 saturated carbocycles. The third-order valence-electron chi connectivity index (χ3n) is 1.69. The van der Waals surface area contributed by atoms with Crippen LogP contribution < -0.4 is 4.90 Å². The molecule has 0 N–H and O–H groups in total. The fraction of sp³-hybridized carbons (Fsp3) is 0.222. The van der Waals surface area contributed by atoms with Gasteiger partial charge in [0, 0.05) is 18.3 Å². The van der Waals surface area contributed by atoms with Crippen LogP contribution in [0.25, 0.3) is 0 Å². The third kappa shape index (κ3) is 1.24. The second-order valence-electron chi connectivity index (χ2n) is 2.46. The summed E-state index contributed by atoms with van der Waals surface area (Å²) in [7, 11) is 0. The molecule has 2 nitrogen and oxygen atoms in total. The number of rotatable bonds is 1. The van der Waals surface area contributed by atoms with E-state index in [1.165, 1.54) is 0 Å². The largest absolute Gasteiger partial charge is 0.330 e. The summed E-state index contributed by atoms with van der Waals surface area (Å²) in [5, 5.41) is 0. The molecule has 2 heteroatoms. The van der Waals surface area contributed by atoms with Crippen LogP contribution in [0.4, 0.5) is 5.69 Å². The molecule has 1 aromatic carbocycles. The highest BCUT2D eigenvalue weighted by atomic mass is 15.2. The minimum Gasteiger partial charge on any atom is -0.330 e. The Balaban J connectivity index is 2.23. The molecule has 1 aliphatic heterocycles. The van der Waals surface area contributed by atoms with Crippen LogP contribution in [0.2, 0.25) is 0 Å². The lowest BCUT2D eigenvalue weighted by Crippen LogP contribution is -2.17. The molecule has 11 heavy (non-hydrogen) atoms. The van der Waals surface area contributed by atoms with Gasteiger partial charge in [-0.1, -0.05) is 18.2 Å². The minimum atomic E-state index is 0.905. The average Bonchev–Trinajstić information content (AvgIpc) is 2.58. The van der Waals surface area contributed by atoms with Gasteiger partial charge in [0.05, 0.1) is 12.9 Å². The summed E-state index contributed by atoms with van der Waals surface area (Å²) in [5.74, 6) is 0. The summed E-state index contributed by atoms with van der Waals surface area (Å²) in [6.45, 7) is 1.89. The van der Waals surface area contributed by atoms with Crippen LogP contribution in [-0.4, -0.2) is 19.4 Å². The highest BCUT2D eigenvalue weighted by Gasteiger charge is 2.05. The molecule has 1 heterocycles. The Kier molecular flexibility index (Phi) is 1.60. The summed E-state index contributed by atoms with van der Waals surface area (Å²) in [6, 6.07) is 11.1. The van der Waals surface area contributed by atoms with E-state index in [4.69, 9.17) is 0 Å². The zero-order chi connectivity index (χ0) is 7.52. The molecule has 0 aromatic heterocycles. The van der Waals surface area contributed by atoms with Gasteiger partial charge in [0.15, 0.2) is 0 Å². The zero-order valence-electron chi connectivity index (χ0n) is 6.20. The van der Waals surface area contributed by atoms with E-state index in [-0.39, 0.29) is 0 Å². The van der Waals surface area contributed by atoms with Crippen LogP contribution in [0.1, 0.15) is 0 Å². The number of benzene rings is 1. The van der Waals surface area contributed by atoms with Crippen LogP contribution in [0.15, 0.2) is 29.3 Å². The van der Waals surface area contributed by atoms with E-state index >= 15 is 0 Å². The van der Waals surface area contributed by atoms with Gasteiger partial charge < -0.3 is 4.90 Å². The molecular weight excluding hydrogens is 136 g/mol. The van der Waals surface area contributed by atoms with E-state index in [0.29, 0.717) is 0 Å². The van der Waals surface area contributed by atoms with Crippen molar-refractivity contribution in [2.24, 2.45) is 4.99 Å². The Morgan fingerprint density at radius 3 is 3.09 bits per heavy atom. The smallest absolute Gasteiger partial charge is 0.0895 e. The monoisotopic (exact) mass is 145 g/mol. The van der Waals surface area contributed by atoms with Gasteiger partial charge >= 0.3 is 0 Å². The molecule has 0 atom stereocenters. The first-order valence-electron chi connectivity index (χ1n) is 3.70. The molecule has 1 aromatic rings. The molecule has 1 aliphatic rings. The van der Waals surface area contributed by atoms with E-state index in [9.17, 15) is 0 Å². The van der Waals surface area contributed by atoms with Gasteiger partial charge in [-0.2, -0.15) is 0 Å². The van der Waals surface area contributed by atoms with Gasteiger partial charge in [-0.15, -0.1) is 0 Å². The standard InChI is InChI=1S/C9H9N2/c1-2-4-9(5-3-1)11-7-6-10-8-11/h1-4,8H,6-7H2. The highest BCUT2D eigenvalue weighted by Crippen LogP contribution is 2.11. The molecule has 0 spiro atoms. The van der Waals surface area contributed by atoms with Crippen LogP contribution in [-0.2, 0) is 0 Å². The molecule has 0 unspecified atom stereocenters. The SMILES string of the molecule is [c]1ccccc1N1C=NCC1. The Labute approximate surface area is 66.2 Å². The molecule has 0 amide bonds. The quantitative estimate of drug-likeness (QED) is 0.582. The highest BCUT2D eigenvalue weighted by molar-refractivity contribution is 5.80. The van der Waals surface area contributed by atoms with Crippen molar-refractivity contribution in [3.8, 4) is 0 Å². The van der Waals surface area contributed by atoms with Crippen molar-refractivity contribution in [2.45, 2.75) is 0 Å². The second-order valence-corrected chi connectivity index (χ2v) is 2.46. The maximum Gasteiger partial charge on any atom is 0.0895 e. The number of anilines is 1. The zero-order valence-corrected chi connectivity index (χ0v) is 6.20. The van der Waals surface area contributed by atoms with Crippen LogP contribution in [0.3, 0.4) is 0 Å². The second kappa shape index (κ2) is 2.74. The van der Waals surface area contributed by atoms with E-state index in [1.54, 1.807) is 0 Å². The molecule has 0 bridgehead atoms. The number of para-hydroxylation sites is 1. The van der Waals surface area contributed by atoms with Gasteiger partial charge in [0.1, 0.15) is 0 Å². The number of hydrogen-bond donors (Lipinski definition) is 0. The predicted molar refractivity (Wildman–Crippen MR) is 46.0 cm³/mol. The van der Waals surface area contributed by atoms with Crippen LogP contribution in [0.5, 0.6) is 0 Å². The van der Waals surface area contributed by atoms with E-state index < -0.39 is 0 Å². The predicted octanol–water partition coefficient (Wildman–Crippen LogP) is 1.34. The van der Waals surface area contributed by atoms with Crippen molar-refractivity contribution in [3.05, 3.63) is 30.3 Å². The Hall–Kier alpha value is -1.31. The van der Waals surface area contributed by atoms with E-state index in [1.807, 2.05) is 30.6 Å². The first-order valence-corrected chi connectivity index (χ1v) is 3.70. The fourth-order valence-corrected chi connectivity index (χ4v) is 1.12. The summed E-state index contributed by atoms with van der Waals surface area (Å²) in [5.41, 5.74) is 1.11.